The largest absolute Gasteiger partial charge is 0.407 e. The van der Waals surface area contributed by atoms with E-state index in [4.69, 9.17) is 0 Å². The molecule has 0 aromatic heterocycles. The molecule has 31 heavy (non-hydrogen) atoms. The van der Waals surface area contributed by atoms with Crippen molar-refractivity contribution in [2.75, 3.05) is 13.2 Å². The van der Waals surface area contributed by atoms with Crippen LogP contribution in [0, 0.1) is 0 Å². The zero-order valence-corrected chi connectivity index (χ0v) is 19.1. The maximum atomic E-state index is 13.0. The minimum atomic E-state index is -5.05. The first-order valence-electron chi connectivity index (χ1n) is 9.99. The van der Waals surface area contributed by atoms with Gasteiger partial charge in [0.2, 0.25) is 0 Å². The monoisotopic (exact) mass is 508 g/mol. The van der Waals surface area contributed by atoms with Crippen LogP contribution in [0.15, 0.2) is 0 Å². The number of hydrogen-bond acceptors (Lipinski definition) is 6. The fourth-order valence-electron chi connectivity index (χ4n) is 2.68. The van der Waals surface area contributed by atoms with Gasteiger partial charge in [0.1, 0.15) is 0 Å². The Morgan fingerprint density at radius 3 is 1.19 bits per heavy atom. The molecular formula is C17H30F6O6S2. The van der Waals surface area contributed by atoms with E-state index in [0.717, 1.165) is 0 Å². The highest BCUT2D eigenvalue weighted by atomic mass is 32.2. The number of hydrogen-bond donors (Lipinski definition) is 0. The summed E-state index contributed by atoms with van der Waals surface area (Å²) in [5, 5.41) is -5.46. The van der Waals surface area contributed by atoms with Crippen LogP contribution in [0.3, 0.4) is 0 Å². The summed E-state index contributed by atoms with van der Waals surface area (Å²) in [6.07, 6.45) is -10.0. The van der Waals surface area contributed by atoms with E-state index in [-0.39, 0.29) is 12.8 Å². The molecule has 0 aromatic carbocycles. The van der Waals surface area contributed by atoms with Gasteiger partial charge in [0, 0.05) is 0 Å². The lowest BCUT2D eigenvalue weighted by atomic mass is 10.1. The highest BCUT2D eigenvalue weighted by Gasteiger charge is 2.50. The Morgan fingerprint density at radius 1 is 0.613 bits per heavy atom. The van der Waals surface area contributed by atoms with Crippen molar-refractivity contribution in [2.24, 2.45) is 0 Å². The van der Waals surface area contributed by atoms with Crippen LogP contribution in [0.5, 0.6) is 0 Å². The van der Waals surface area contributed by atoms with Crippen molar-refractivity contribution in [3.8, 4) is 0 Å². The molecule has 0 aliphatic carbocycles. The van der Waals surface area contributed by atoms with Crippen molar-refractivity contribution in [1.82, 2.24) is 0 Å². The third kappa shape index (κ3) is 11.7. The Balaban J connectivity index is 4.81. The van der Waals surface area contributed by atoms with Crippen LogP contribution in [-0.4, -0.2) is 52.9 Å². The fourth-order valence-corrected chi connectivity index (χ4v) is 5.27. The van der Waals surface area contributed by atoms with E-state index in [9.17, 15) is 43.2 Å². The maximum Gasteiger partial charge on any atom is 0.407 e. The Hall–Kier alpha value is -0.600. The van der Waals surface area contributed by atoms with Crippen LogP contribution in [0.4, 0.5) is 26.3 Å². The van der Waals surface area contributed by atoms with E-state index in [2.05, 4.69) is 8.37 Å². The molecule has 0 saturated carbocycles. The number of halogens is 6. The second-order valence-corrected chi connectivity index (χ2v) is 10.6. The summed E-state index contributed by atoms with van der Waals surface area (Å²) in [5.74, 6) is 0. The third-order valence-electron chi connectivity index (χ3n) is 4.35. The summed E-state index contributed by atoms with van der Waals surface area (Å²) < 4.78 is 134. The molecule has 2 unspecified atom stereocenters. The highest BCUT2D eigenvalue weighted by molar-refractivity contribution is 7.87. The SMILES string of the molecule is CCCCCC(C(F)(F)F)S(=O)(=O)OCCCOS(=O)(=O)C(CCCCC)C(F)(F)F. The summed E-state index contributed by atoms with van der Waals surface area (Å²) in [7, 11) is -10.1. The normalized spacial score (nSPS) is 15.7. The lowest BCUT2D eigenvalue weighted by Crippen LogP contribution is -2.38. The average molecular weight is 509 g/mol. The Bertz CT molecular complexity index is 644. The Labute approximate surface area is 179 Å². The molecule has 0 N–H and O–H groups in total. The summed E-state index contributed by atoms with van der Waals surface area (Å²) in [4.78, 5) is 0. The smallest absolute Gasteiger partial charge is 0.270 e. The standard InChI is InChI=1S/C17H30F6O6S2/c1-3-5-7-10-14(16(18,19)20)30(24,25)28-12-9-13-29-31(26,27)15(17(21,22)23)11-8-6-4-2/h14-15H,3-13H2,1-2H3. The first-order valence-corrected chi connectivity index (χ1v) is 12.9. The molecule has 0 rings (SSSR count). The average Bonchev–Trinajstić information content (AvgIpc) is 2.59. The van der Waals surface area contributed by atoms with Gasteiger partial charge in [-0.1, -0.05) is 52.4 Å². The fraction of sp³-hybridized carbons (Fsp3) is 1.00. The third-order valence-corrected chi connectivity index (χ3v) is 7.74. The van der Waals surface area contributed by atoms with Crippen molar-refractivity contribution in [1.29, 1.82) is 0 Å². The molecule has 0 bridgehead atoms. The summed E-state index contributed by atoms with van der Waals surface area (Å²) in [5.41, 5.74) is 0. The Morgan fingerprint density at radius 2 is 0.935 bits per heavy atom. The lowest BCUT2D eigenvalue weighted by molar-refractivity contribution is -0.134. The molecule has 0 spiro atoms. The van der Waals surface area contributed by atoms with Gasteiger partial charge in [0.15, 0.2) is 10.5 Å². The summed E-state index contributed by atoms with van der Waals surface area (Å²) >= 11 is 0. The molecule has 0 fully saturated rings. The number of unbranched alkanes of at least 4 members (excludes halogenated alkanes) is 4. The lowest BCUT2D eigenvalue weighted by Gasteiger charge is -2.21. The van der Waals surface area contributed by atoms with Crippen LogP contribution < -0.4 is 0 Å². The van der Waals surface area contributed by atoms with Gasteiger partial charge in [-0.25, -0.2) is 0 Å². The topological polar surface area (TPSA) is 86.7 Å². The summed E-state index contributed by atoms with van der Waals surface area (Å²) in [6.45, 7) is 1.75. The van der Waals surface area contributed by atoms with E-state index in [1.54, 1.807) is 13.8 Å². The van der Waals surface area contributed by atoms with Gasteiger partial charge >= 0.3 is 12.4 Å². The van der Waals surface area contributed by atoms with Crippen molar-refractivity contribution >= 4 is 20.2 Å². The van der Waals surface area contributed by atoms with Crippen LogP contribution in [-0.2, 0) is 28.6 Å². The number of rotatable bonds is 16. The molecule has 0 saturated heterocycles. The predicted molar refractivity (Wildman–Crippen MR) is 102 cm³/mol. The first-order chi connectivity index (χ1) is 14.1. The zero-order chi connectivity index (χ0) is 24.3. The molecule has 0 radical (unpaired) electrons. The van der Waals surface area contributed by atoms with E-state index in [1.807, 2.05) is 0 Å². The van der Waals surface area contributed by atoms with E-state index in [1.165, 1.54) is 0 Å². The zero-order valence-electron chi connectivity index (χ0n) is 17.5. The maximum absolute atomic E-state index is 13.0. The molecule has 0 aromatic rings. The molecule has 6 nitrogen and oxygen atoms in total. The first kappa shape index (κ1) is 30.4. The second-order valence-electron chi connectivity index (χ2n) is 7.04. The minimum Gasteiger partial charge on any atom is -0.270 e. The molecule has 188 valence electrons. The van der Waals surface area contributed by atoms with E-state index in [0.29, 0.717) is 25.7 Å². The van der Waals surface area contributed by atoms with Gasteiger partial charge in [-0.2, -0.15) is 43.2 Å². The van der Waals surface area contributed by atoms with Crippen LogP contribution in [0.1, 0.15) is 71.6 Å². The molecule has 0 heterocycles. The molecule has 0 aliphatic rings. The van der Waals surface area contributed by atoms with Gasteiger partial charge in [0.25, 0.3) is 20.2 Å². The van der Waals surface area contributed by atoms with Gasteiger partial charge in [-0.3, -0.25) is 8.37 Å². The molecular weight excluding hydrogens is 478 g/mol. The van der Waals surface area contributed by atoms with Crippen LogP contribution >= 0.6 is 0 Å². The molecule has 2 atom stereocenters. The highest BCUT2D eigenvalue weighted by Crippen LogP contribution is 2.32. The van der Waals surface area contributed by atoms with Crippen molar-refractivity contribution in [3.63, 3.8) is 0 Å². The van der Waals surface area contributed by atoms with Crippen molar-refractivity contribution in [3.05, 3.63) is 0 Å². The van der Waals surface area contributed by atoms with E-state index >= 15 is 0 Å². The van der Waals surface area contributed by atoms with Crippen molar-refractivity contribution in [2.45, 2.75) is 94.5 Å². The predicted octanol–water partition coefficient (Wildman–Crippen LogP) is 5.09. The van der Waals surface area contributed by atoms with Gasteiger partial charge < -0.3 is 0 Å². The van der Waals surface area contributed by atoms with Crippen molar-refractivity contribution < 1.29 is 51.5 Å². The van der Waals surface area contributed by atoms with Crippen LogP contribution in [0.25, 0.3) is 0 Å². The Kier molecular flexibility index (Phi) is 12.9. The molecule has 0 amide bonds. The van der Waals surface area contributed by atoms with E-state index < -0.39 is 75.6 Å². The van der Waals surface area contributed by atoms with Gasteiger partial charge in [-0.05, 0) is 19.3 Å². The van der Waals surface area contributed by atoms with Gasteiger partial charge in [-0.15, -0.1) is 0 Å². The molecule has 0 aliphatic heterocycles. The minimum absolute atomic E-state index is 0.0154. The summed E-state index contributed by atoms with van der Waals surface area (Å²) in [6, 6.07) is 0. The number of alkyl halides is 6. The quantitative estimate of drug-likeness (QED) is 0.164. The van der Waals surface area contributed by atoms with Crippen LogP contribution in [0.2, 0.25) is 0 Å². The molecule has 14 heteroatoms. The second kappa shape index (κ2) is 13.2. The van der Waals surface area contributed by atoms with Gasteiger partial charge in [0.05, 0.1) is 13.2 Å².